The summed E-state index contributed by atoms with van der Waals surface area (Å²) in [6.45, 7) is 2.46. The number of hydrogen-bond acceptors (Lipinski definition) is 4. The van der Waals surface area contributed by atoms with E-state index in [9.17, 15) is 26.4 Å². The summed E-state index contributed by atoms with van der Waals surface area (Å²) in [5.41, 5.74) is 0.414. The number of halogens is 3. The highest BCUT2D eigenvalue weighted by Crippen LogP contribution is 2.25. The molecule has 1 aromatic heterocycles. The molecule has 0 aliphatic heterocycles. The van der Waals surface area contributed by atoms with Gasteiger partial charge in [0.25, 0.3) is 5.56 Å². The van der Waals surface area contributed by atoms with Crippen LogP contribution in [0.1, 0.15) is 25.8 Å². The first-order chi connectivity index (χ1) is 12.4. The fourth-order valence-electron chi connectivity index (χ4n) is 2.62. The van der Waals surface area contributed by atoms with E-state index in [4.69, 9.17) is 0 Å². The molecule has 1 heterocycles. The molecule has 0 aliphatic rings. The molecule has 0 N–H and O–H groups in total. The van der Waals surface area contributed by atoms with Crippen molar-refractivity contribution in [2.75, 3.05) is 6.26 Å². The van der Waals surface area contributed by atoms with E-state index in [0.717, 1.165) is 6.26 Å². The third-order valence-corrected chi connectivity index (χ3v) is 5.17. The van der Waals surface area contributed by atoms with Crippen molar-refractivity contribution in [2.45, 2.75) is 44.3 Å². The summed E-state index contributed by atoms with van der Waals surface area (Å²) < 4.78 is 61.7. The number of nitrogens with zero attached hydrogens (tertiary/aromatic N) is 2. The van der Waals surface area contributed by atoms with Gasteiger partial charge in [0, 0.05) is 17.4 Å². The SMILES string of the molecule is CC(C)CCc1c(-c2ccc(S(C)(=O)=O)cc2)cnn(CC(F)(F)F)c1=O. The average molecular weight is 402 g/mol. The van der Waals surface area contributed by atoms with Crippen LogP contribution in [0.5, 0.6) is 0 Å². The van der Waals surface area contributed by atoms with E-state index in [1.54, 1.807) is 0 Å². The Morgan fingerprint density at radius 2 is 1.74 bits per heavy atom. The van der Waals surface area contributed by atoms with Crippen LogP contribution in [0.2, 0.25) is 0 Å². The smallest absolute Gasteiger partial charge is 0.267 e. The molecule has 0 atom stereocenters. The second-order valence-corrected chi connectivity index (χ2v) is 8.86. The Hall–Kier alpha value is -2.16. The van der Waals surface area contributed by atoms with Crippen LogP contribution in [0.3, 0.4) is 0 Å². The third-order valence-electron chi connectivity index (χ3n) is 4.04. The van der Waals surface area contributed by atoms with Crippen LogP contribution < -0.4 is 5.56 Å². The van der Waals surface area contributed by atoms with Crippen molar-refractivity contribution in [3.63, 3.8) is 0 Å². The van der Waals surface area contributed by atoms with Crippen LogP contribution in [0.15, 0.2) is 40.2 Å². The highest BCUT2D eigenvalue weighted by molar-refractivity contribution is 7.90. The van der Waals surface area contributed by atoms with Crippen LogP contribution in [-0.2, 0) is 22.8 Å². The monoisotopic (exact) mass is 402 g/mol. The highest BCUT2D eigenvalue weighted by atomic mass is 32.2. The summed E-state index contributed by atoms with van der Waals surface area (Å²) in [4.78, 5) is 12.7. The van der Waals surface area contributed by atoms with Crippen LogP contribution in [0.25, 0.3) is 11.1 Å². The summed E-state index contributed by atoms with van der Waals surface area (Å²) in [6, 6.07) is 5.86. The van der Waals surface area contributed by atoms with Crippen LogP contribution in [-0.4, -0.2) is 30.6 Å². The molecule has 1 aromatic carbocycles. The minimum Gasteiger partial charge on any atom is -0.267 e. The molecule has 2 rings (SSSR count). The molecular weight excluding hydrogens is 381 g/mol. The maximum Gasteiger partial charge on any atom is 0.408 e. The predicted octanol–water partition coefficient (Wildman–Crippen LogP) is 3.46. The first kappa shape index (κ1) is 21.1. The lowest BCUT2D eigenvalue weighted by Crippen LogP contribution is -2.32. The molecule has 0 saturated carbocycles. The fraction of sp³-hybridized carbons (Fsp3) is 0.444. The maximum atomic E-state index is 12.7. The number of sulfone groups is 1. The minimum atomic E-state index is -4.55. The minimum absolute atomic E-state index is 0.119. The lowest BCUT2D eigenvalue weighted by Gasteiger charge is -2.14. The van der Waals surface area contributed by atoms with Gasteiger partial charge in [0.15, 0.2) is 9.84 Å². The lowest BCUT2D eigenvalue weighted by atomic mass is 9.97. The molecule has 0 amide bonds. The van der Waals surface area contributed by atoms with Gasteiger partial charge in [-0.1, -0.05) is 26.0 Å². The van der Waals surface area contributed by atoms with Gasteiger partial charge in [0.1, 0.15) is 6.54 Å². The molecule has 0 unspecified atom stereocenters. The molecule has 148 valence electrons. The van der Waals surface area contributed by atoms with Gasteiger partial charge >= 0.3 is 6.18 Å². The first-order valence-electron chi connectivity index (χ1n) is 8.34. The van der Waals surface area contributed by atoms with Crippen molar-refractivity contribution in [3.8, 4) is 11.1 Å². The summed E-state index contributed by atoms with van der Waals surface area (Å²) >= 11 is 0. The maximum absolute atomic E-state index is 12.7. The molecule has 0 saturated heterocycles. The normalized spacial score (nSPS) is 12.6. The average Bonchev–Trinajstić information content (AvgIpc) is 2.53. The molecule has 27 heavy (non-hydrogen) atoms. The van der Waals surface area contributed by atoms with Gasteiger partial charge in [-0.3, -0.25) is 4.79 Å². The van der Waals surface area contributed by atoms with Crippen molar-refractivity contribution in [1.29, 1.82) is 0 Å². The van der Waals surface area contributed by atoms with Gasteiger partial charge in [0.2, 0.25) is 0 Å². The zero-order valence-electron chi connectivity index (χ0n) is 15.2. The van der Waals surface area contributed by atoms with E-state index in [1.165, 1.54) is 30.5 Å². The van der Waals surface area contributed by atoms with Crippen LogP contribution >= 0.6 is 0 Å². The van der Waals surface area contributed by atoms with Gasteiger partial charge in [-0.05, 0) is 36.5 Å². The zero-order valence-corrected chi connectivity index (χ0v) is 16.1. The van der Waals surface area contributed by atoms with Crippen molar-refractivity contribution >= 4 is 9.84 Å². The Kier molecular flexibility index (Phi) is 6.14. The van der Waals surface area contributed by atoms with Crippen molar-refractivity contribution in [3.05, 3.63) is 46.4 Å². The Morgan fingerprint density at radius 1 is 1.15 bits per heavy atom. The van der Waals surface area contributed by atoms with Gasteiger partial charge < -0.3 is 0 Å². The molecule has 0 spiro atoms. The highest BCUT2D eigenvalue weighted by Gasteiger charge is 2.30. The van der Waals surface area contributed by atoms with Crippen molar-refractivity contribution in [1.82, 2.24) is 9.78 Å². The van der Waals surface area contributed by atoms with Gasteiger partial charge in [-0.2, -0.15) is 18.3 Å². The van der Waals surface area contributed by atoms with E-state index in [0.29, 0.717) is 28.7 Å². The summed E-state index contributed by atoms with van der Waals surface area (Å²) in [6.07, 6.45) is -1.31. The Morgan fingerprint density at radius 3 is 2.22 bits per heavy atom. The molecule has 9 heteroatoms. The second kappa shape index (κ2) is 7.84. The largest absolute Gasteiger partial charge is 0.408 e. The zero-order chi connectivity index (χ0) is 20.4. The molecular formula is C18H21F3N2O3S. The van der Waals surface area contributed by atoms with Crippen molar-refractivity contribution < 1.29 is 21.6 Å². The number of aromatic nitrogens is 2. The van der Waals surface area contributed by atoms with Gasteiger partial charge in [0.05, 0.1) is 11.1 Å². The van der Waals surface area contributed by atoms with Crippen LogP contribution in [0.4, 0.5) is 13.2 Å². The molecule has 5 nitrogen and oxygen atoms in total. The molecule has 0 radical (unpaired) electrons. The molecule has 0 fully saturated rings. The van der Waals surface area contributed by atoms with E-state index < -0.39 is 28.1 Å². The summed E-state index contributed by atoms with van der Waals surface area (Å²) in [5, 5.41) is 3.66. The third kappa shape index (κ3) is 5.66. The second-order valence-electron chi connectivity index (χ2n) is 6.84. The lowest BCUT2D eigenvalue weighted by molar-refractivity contribution is -0.143. The molecule has 2 aromatic rings. The number of rotatable bonds is 6. The quantitative estimate of drug-likeness (QED) is 0.742. The molecule has 0 aliphatic carbocycles. The predicted molar refractivity (Wildman–Crippen MR) is 96.3 cm³/mol. The summed E-state index contributed by atoms with van der Waals surface area (Å²) in [5.74, 6) is 0.258. The first-order valence-corrected chi connectivity index (χ1v) is 10.2. The Balaban J connectivity index is 2.54. The van der Waals surface area contributed by atoms with Crippen molar-refractivity contribution in [2.24, 2.45) is 5.92 Å². The Labute approximate surface area is 155 Å². The van der Waals surface area contributed by atoms with E-state index in [1.807, 2.05) is 13.8 Å². The molecule has 0 bridgehead atoms. The van der Waals surface area contributed by atoms with E-state index >= 15 is 0 Å². The van der Waals surface area contributed by atoms with Gasteiger partial charge in [-0.25, -0.2) is 13.1 Å². The fourth-order valence-corrected chi connectivity index (χ4v) is 3.25. The number of benzene rings is 1. The number of hydrogen-bond donors (Lipinski definition) is 0. The summed E-state index contributed by atoms with van der Waals surface area (Å²) in [7, 11) is -3.38. The van der Waals surface area contributed by atoms with Gasteiger partial charge in [-0.15, -0.1) is 0 Å². The van der Waals surface area contributed by atoms with E-state index in [-0.39, 0.29) is 16.4 Å². The standard InChI is InChI=1S/C18H21F3N2O3S/c1-12(2)4-9-15-16(10-22-23(17(15)24)11-18(19,20)21)13-5-7-14(8-6-13)27(3,25)26/h5-8,10,12H,4,9,11H2,1-3H3. The van der Waals surface area contributed by atoms with E-state index in [2.05, 4.69) is 5.10 Å². The van der Waals surface area contributed by atoms with Crippen LogP contribution in [0, 0.1) is 5.92 Å². The number of alkyl halides is 3. The topological polar surface area (TPSA) is 69.0 Å². The Bertz CT molecular complexity index is 963.